The summed E-state index contributed by atoms with van der Waals surface area (Å²) in [4.78, 5) is 13.3. The number of hydrogen-bond acceptors (Lipinski definition) is 10. The number of rotatable bonds is 9. The summed E-state index contributed by atoms with van der Waals surface area (Å²) in [6.07, 6.45) is -1.43. The third kappa shape index (κ3) is 5.01. The molecule has 2 aromatic heterocycles. The van der Waals surface area contributed by atoms with Gasteiger partial charge in [-0.2, -0.15) is 0 Å². The molecule has 3 heterocycles. The van der Waals surface area contributed by atoms with E-state index in [2.05, 4.69) is 46.2 Å². The van der Waals surface area contributed by atoms with Gasteiger partial charge >= 0.3 is 0 Å². The number of imidazole rings is 1. The lowest BCUT2D eigenvalue weighted by Crippen LogP contribution is -2.33. The first-order valence-electron chi connectivity index (χ1n) is 12.7. The fourth-order valence-electron chi connectivity index (χ4n) is 5.27. The van der Waals surface area contributed by atoms with Crippen LogP contribution in [-0.2, 0) is 4.74 Å². The molecule has 1 aliphatic heterocycles. The quantitative estimate of drug-likeness (QED) is 0.252. The van der Waals surface area contributed by atoms with Crippen LogP contribution < -0.4 is 14.8 Å². The number of methoxy groups -OCH3 is 2. The molecule has 0 aliphatic carbocycles. The van der Waals surface area contributed by atoms with Crippen molar-refractivity contribution in [3.63, 3.8) is 0 Å². The van der Waals surface area contributed by atoms with Gasteiger partial charge in [-0.15, -0.1) is 0 Å². The van der Waals surface area contributed by atoms with E-state index < -0.39 is 31.1 Å². The molecule has 4 aromatic rings. The predicted molar refractivity (Wildman–Crippen MR) is 144 cm³/mol. The number of nitrogens with zero attached hydrogens (tertiary/aromatic N) is 4. The van der Waals surface area contributed by atoms with Gasteiger partial charge in [0.05, 0.1) is 27.2 Å². The van der Waals surface area contributed by atoms with E-state index in [0.717, 1.165) is 16.7 Å². The summed E-state index contributed by atoms with van der Waals surface area (Å²) in [5, 5.41) is 33.6. The molecule has 2 aromatic carbocycles. The summed E-state index contributed by atoms with van der Waals surface area (Å²) in [6, 6.07) is 12.1. The fraction of sp³-hybridized carbons (Fsp3) is 0.393. The van der Waals surface area contributed by atoms with E-state index in [4.69, 9.17) is 14.2 Å². The van der Waals surface area contributed by atoms with Gasteiger partial charge in [-0.05, 0) is 48.2 Å². The lowest BCUT2D eigenvalue weighted by atomic mass is 9.85. The summed E-state index contributed by atoms with van der Waals surface area (Å²) >= 11 is 0. The van der Waals surface area contributed by atoms with E-state index in [1.54, 1.807) is 18.8 Å². The van der Waals surface area contributed by atoms with Crippen molar-refractivity contribution in [2.24, 2.45) is 0 Å². The van der Waals surface area contributed by atoms with E-state index in [1.165, 1.54) is 18.2 Å². The topological polar surface area (TPSA) is 144 Å². The Hall–Kier alpha value is -3.77. The van der Waals surface area contributed by atoms with Crippen LogP contribution in [0.5, 0.6) is 11.5 Å². The van der Waals surface area contributed by atoms with Crippen molar-refractivity contribution in [2.75, 3.05) is 32.7 Å². The molecule has 5 rings (SSSR count). The number of aromatic nitrogens is 4. The monoisotopic (exact) mass is 535 g/mol. The Balaban J connectivity index is 1.50. The molecular weight excluding hydrogens is 502 g/mol. The van der Waals surface area contributed by atoms with Gasteiger partial charge in [-0.25, -0.2) is 15.0 Å². The molecule has 39 heavy (non-hydrogen) atoms. The third-order valence-electron chi connectivity index (χ3n) is 7.29. The highest BCUT2D eigenvalue weighted by Crippen LogP contribution is 2.36. The van der Waals surface area contributed by atoms with Gasteiger partial charge in [0, 0.05) is 18.5 Å². The Kier molecular flexibility index (Phi) is 7.67. The van der Waals surface area contributed by atoms with Gasteiger partial charge in [-0.3, -0.25) is 4.57 Å². The Morgan fingerprint density at radius 2 is 1.69 bits per heavy atom. The van der Waals surface area contributed by atoms with E-state index >= 15 is 0 Å². The average Bonchev–Trinajstić information content (AvgIpc) is 3.50. The van der Waals surface area contributed by atoms with E-state index in [-0.39, 0.29) is 5.92 Å². The highest BCUT2D eigenvalue weighted by Gasteiger charge is 2.44. The van der Waals surface area contributed by atoms with E-state index in [0.29, 0.717) is 35.0 Å². The summed E-state index contributed by atoms with van der Waals surface area (Å²) in [5.41, 5.74) is 5.42. The first kappa shape index (κ1) is 26.8. The van der Waals surface area contributed by atoms with Crippen LogP contribution in [-0.4, -0.2) is 80.5 Å². The van der Waals surface area contributed by atoms with Gasteiger partial charge in [0.1, 0.15) is 36.1 Å². The molecule has 0 radical (unpaired) electrons. The molecule has 11 heteroatoms. The second kappa shape index (κ2) is 11.1. The first-order chi connectivity index (χ1) is 18.9. The van der Waals surface area contributed by atoms with Crippen molar-refractivity contribution < 1.29 is 29.5 Å². The van der Waals surface area contributed by atoms with Gasteiger partial charge in [0.15, 0.2) is 23.2 Å². The van der Waals surface area contributed by atoms with Crippen LogP contribution in [0, 0.1) is 13.8 Å². The van der Waals surface area contributed by atoms with Crippen LogP contribution >= 0.6 is 0 Å². The van der Waals surface area contributed by atoms with Crippen LogP contribution in [0.3, 0.4) is 0 Å². The lowest BCUT2D eigenvalue weighted by molar-refractivity contribution is -0.0511. The summed E-state index contributed by atoms with van der Waals surface area (Å²) in [7, 11) is 3.26. The van der Waals surface area contributed by atoms with Crippen LogP contribution in [0.25, 0.3) is 11.2 Å². The standard InChI is InChI=1S/C28H33N5O6/c1-15-6-5-7-16(2)22(15)20(17-8-18(37-3)10-19(9-17)38-4)11-29-26-23-27(31-13-30-26)33(14-32-23)28-25(36)24(35)21(12-34)39-28/h5-10,13-14,20-21,24-25,28,34-36H,11-12H2,1-4H3,(H,29,30,31)/t20?,21-,24-,25-,28?/m1/s1. The largest absolute Gasteiger partial charge is 0.497 e. The molecule has 5 atom stereocenters. The van der Waals surface area contributed by atoms with Crippen LogP contribution in [0.2, 0.25) is 0 Å². The minimum Gasteiger partial charge on any atom is -0.497 e. The molecule has 2 unspecified atom stereocenters. The zero-order valence-corrected chi connectivity index (χ0v) is 22.3. The SMILES string of the molecule is COc1cc(OC)cc(C(CNc2ncnc3c2ncn3C2O[C@H](CO)[C@@H](O)[C@H]2O)c2c(C)cccc2C)c1. The lowest BCUT2D eigenvalue weighted by Gasteiger charge is -2.24. The Morgan fingerprint density at radius 1 is 1.00 bits per heavy atom. The molecule has 0 amide bonds. The van der Waals surface area contributed by atoms with Crippen molar-refractivity contribution in [2.45, 2.75) is 44.3 Å². The van der Waals surface area contributed by atoms with Crippen molar-refractivity contribution in [3.8, 4) is 11.5 Å². The minimum absolute atomic E-state index is 0.0808. The molecule has 4 N–H and O–H groups in total. The van der Waals surface area contributed by atoms with E-state index in [1.807, 2.05) is 24.3 Å². The predicted octanol–water partition coefficient (Wildman–Crippen LogP) is 2.32. The molecule has 11 nitrogen and oxygen atoms in total. The number of hydrogen-bond donors (Lipinski definition) is 4. The summed E-state index contributed by atoms with van der Waals surface area (Å²) < 4.78 is 18.3. The number of aryl methyl sites for hydroxylation is 2. The van der Waals surface area contributed by atoms with Crippen molar-refractivity contribution >= 4 is 17.0 Å². The maximum atomic E-state index is 10.5. The maximum Gasteiger partial charge on any atom is 0.167 e. The minimum atomic E-state index is -1.25. The number of ether oxygens (including phenoxy) is 3. The zero-order chi connectivity index (χ0) is 27.7. The first-order valence-corrected chi connectivity index (χ1v) is 12.7. The Bertz CT molecular complexity index is 1420. The Labute approximate surface area is 226 Å². The number of fused-ring (bicyclic) bond motifs is 1. The average molecular weight is 536 g/mol. The van der Waals surface area contributed by atoms with Crippen LogP contribution in [0.1, 0.15) is 34.4 Å². The van der Waals surface area contributed by atoms with E-state index in [9.17, 15) is 15.3 Å². The van der Waals surface area contributed by atoms with Crippen molar-refractivity contribution in [1.82, 2.24) is 19.5 Å². The molecule has 0 saturated carbocycles. The normalized spacial score (nSPS) is 21.7. The number of aliphatic hydroxyl groups excluding tert-OH is 3. The molecule has 0 spiro atoms. The second-order valence-corrected chi connectivity index (χ2v) is 9.66. The molecule has 1 saturated heterocycles. The molecular formula is C28H33N5O6. The number of benzene rings is 2. The maximum absolute atomic E-state index is 10.5. The number of nitrogens with one attached hydrogen (secondary N) is 1. The molecule has 1 aliphatic rings. The van der Waals surface area contributed by atoms with Gasteiger partial charge < -0.3 is 34.8 Å². The summed E-state index contributed by atoms with van der Waals surface area (Å²) in [6.45, 7) is 4.25. The molecule has 206 valence electrons. The smallest absolute Gasteiger partial charge is 0.167 e. The van der Waals surface area contributed by atoms with Gasteiger partial charge in [0.2, 0.25) is 0 Å². The van der Waals surface area contributed by atoms with Crippen molar-refractivity contribution in [3.05, 3.63) is 71.3 Å². The highest BCUT2D eigenvalue weighted by atomic mass is 16.6. The number of anilines is 1. The summed E-state index contributed by atoms with van der Waals surface area (Å²) in [5.74, 6) is 1.82. The van der Waals surface area contributed by atoms with Crippen LogP contribution in [0.4, 0.5) is 5.82 Å². The Morgan fingerprint density at radius 3 is 2.31 bits per heavy atom. The van der Waals surface area contributed by atoms with Gasteiger partial charge in [0.25, 0.3) is 0 Å². The highest BCUT2D eigenvalue weighted by molar-refractivity contribution is 5.82. The van der Waals surface area contributed by atoms with Gasteiger partial charge in [-0.1, -0.05) is 18.2 Å². The van der Waals surface area contributed by atoms with Crippen molar-refractivity contribution in [1.29, 1.82) is 0 Å². The molecule has 1 fully saturated rings. The van der Waals surface area contributed by atoms with Crippen LogP contribution in [0.15, 0.2) is 49.1 Å². The second-order valence-electron chi connectivity index (χ2n) is 9.66. The molecule has 0 bridgehead atoms. The number of aliphatic hydroxyl groups is 3. The zero-order valence-electron chi connectivity index (χ0n) is 22.3. The third-order valence-corrected chi connectivity index (χ3v) is 7.29. The fourth-order valence-corrected chi connectivity index (χ4v) is 5.27.